The number of imide groups is 2. The largest absolute Gasteiger partial charge is 0.367 e. The number of hydrogen-bond acceptors (Lipinski definition) is 6. The van der Waals surface area contributed by atoms with Crippen molar-refractivity contribution in [1.29, 1.82) is 0 Å². The normalized spacial score (nSPS) is 24.2. The number of amides is 4. The zero-order valence-corrected chi connectivity index (χ0v) is 14.0. The van der Waals surface area contributed by atoms with E-state index >= 15 is 0 Å². The second kappa shape index (κ2) is 5.79. The fourth-order valence-electron chi connectivity index (χ4n) is 4.46. The first-order valence-electron chi connectivity index (χ1n) is 8.64. The van der Waals surface area contributed by atoms with E-state index in [4.69, 9.17) is 0 Å². The molecule has 3 aliphatic heterocycles. The second-order valence-electron chi connectivity index (χ2n) is 7.01. The summed E-state index contributed by atoms with van der Waals surface area (Å²) in [7, 11) is 0. The Kier molecular flexibility index (Phi) is 3.67. The minimum Gasteiger partial charge on any atom is -0.367 e. The van der Waals surface area contributed by atoms with Gasteiger partial charge in [-0.2, -0.15) is 0 Å². The summed E-state index contributed by atoms with van der Waals surface area (Å²) in [6.45, 7) is 0.658. The number of nitrogens with one attached hydrogen (secondary N) is 2. The minimum absolute atomic E-state index is 0.0378. The van der Waals surface area contributed by atoms with Crippen LogP contribution in [0.15, 0.2) is 18.2 Å². The molecule has 3 heterocycles. The van der Waals surface area contributed by atoms with Gasteiger partial charge in [-0.1, -0.05) is 12.8 Å². The lowest BCUT2D eigenvalue weighted by atomic mass is 9.67. The molecule has 0 bridgehead atoms. The highest BCUT2D eigenvalue weighted by Crippen LogP contribution is 2.46. The number of urea groups is 1. The topological polar surface area (TPSA) is 122 Å². The number of non-ortho nitro benzene ring substituents is 1. The molecule has 1 spiro atoms. The van der Waals surface area contributed by atoms with E-state index in [1.54, 1.807) is 6.07 Å². The number of benzene rings is 1. The fourth-order valence-corrected chi connectivity index (χ4v) is 4.46. The average Bonchev–Trinajstić information content (AvgIpc) is 2.85. The molecule has 4 amide bonds. The first kappa shape index (κ1) is 16.5. The second-order valence-corrected chi connectivity index (χ2v) is 7.01. The highest BCUT2D eigenvalue weighted by atomic mass is 16.6. The van der Waals surface area contributed by atoms with Gasteiger partial charge in [-0.25, -0.2) is 4.79 Å². The molecule has 136 valence electrons. The molecule has 1 atom stereocenters. The van der Waals surface area contributed by atoms with Crippen LogP contribution in [0.25, 0.3) is 0 Å². The Balaban J connectivity index is 1.89. The minimum atomic E-state index is -1.46. The van der Waals surface area contributed by atoms with Crippen LogP contribution in [-0.4, -0.2) is 35.4 Å². The van der Waals surface area contributed by atoms with E-state index in [9.17, 15) is 24.5 Å². The Hall–Kier alpha value is -2.97. The van der Waals surface area contributed by atoms with Gasteiger partial charge in [0.2, 0.25) is 11.8 Å². The molecule has 0 unspecified atom stereocenters. The van der Waals surface area contributed by atoms with Gasteiger partial charge >= 0.3 is 6.03 Å². The zero-order valence-electron chi connectivity index (χ0n) is 14.0. The lowest BCUT2D eigenvalue weighted by Crippen LogP contribution is -2.71. The number of carbonyl (C=O) groups is 3. The van der Waals surface area contributed by atoms with Crippen LogP contribution in [0, 0.1) is 15.5 Å². The summed E-state index contributed by atoms with van der Waals surface area (Å²) >= 11 is 0. The molecule has 4 rings (SSSR count). The predicted molar refractivity (Wildman–Crippen MR) is 90.5 cm³/mol. The Morgan fingerprint density at radius 2 is 1.85 bits per heavy atom. The number of carbonyl (C=O) groups excluding carboxylic acids is 3. The highest BCUT2D eigenvalue weighted by molar-refractivity contribution is 6.20. The predicted octanol–water partition coefficient (Wildman–Crippen LogP) is 1.25. The van der Waals surface area contributed by atoms with Crippen molar-refractivity contribution >= 4 is 29.2 Å². The first-order chi connectivity index (χ1) is 12.4. The standard InChI is InChI=1S/C17H18N4O5/c22-14-17(15(23)19-16(24)18-14)9-10-8-11(21(25)26)5-6-12(10)20-7-3-1-2-4-13(17)20/h5-6,8,13H,1-4,7,9H2,(H2,18,19,22,23,24)/t13-/m1/s1. The van der Waals surface area contributed by atoms with Gasteiger partial charge in [0, 0.05) is 30.8 Å². The van der Waals surface area contributed by atoms with Gasteiger partial charge in [-0.3, -0.25) is 30.3 Å². The van der Waals surface area contributed by atoms with Crippen molar-refractivity contribution in [3.05, 3.63) is 33.9 Å². The monoisotopic (exact) mass is 358 g/mol. The number of nitro groups is 1. The number of nitrogens with zero attached hydrogens (tertiary/aromatic N) is 2. The van der Waals surface area contributed by atoms with Crippen molar-refractivity contribution in [2.45, 2.75) is 38.1 Å². The third-order valence-corrected chi connectivity index (χ3v) is 5.64. The summed E-state index contributed by atoms with van der Waals surface area (Å²) in [5.74, 6) is -1.25. The molecule has 26 heavy (non-hydrogen) atoms. The molecule has 0 aromatic heterocycles. The van der Waals surface area contributed by atoms with E-state index in [-0.39, 0.29) is 18.2 Å². The summed E-state index contributed by atoms with van der Waals surface area (Å²) in [5.41, 5.74) is -0.136. The maximum Gasteiger partial charge on any atom is 0.328 e. The molecule has 0 aliphatic carbocycles. The number of anilines is 1. The van der Waals surface area contributed by atoms with Gasteiger partial charge in [0.25, 0.3) is 5.69 Å². The Labute approximate surface area is 148 Å². The molecule has 2 saturated heterocycles. The molecular formula is C17H18N4O5. The van der Waals surface area contributed by atoms with Gasteiger partial charge in [0.05, 0.1) is 11.0 Å². The Morgan fingerprint density at radius 3 is 2.54 bits per heavy atom. The van der Waals surface area contributed by atoms with Crippen molar-refractivity contribution < 1.29 is 19.3 Å². The van der Waals surface area contributed by atoms with E-state index in [1.165, 1.54) is 12.1 Å². The lowest BCUT2D eigenvalue weighted by Gasteiger charge is -2.49. The van der Waals surface area contributed by atoms with E-state index in [2.05, 4.69) is 10.6 Å². The molecule has 0 radical (unpaired) electrons. The van der Waals surface area contributed by atoms with Crippen LogP contribution in [0.5, 0.6) is 0 Å². The van der Waals surface area contributed by atoms with E-state index < -0.39 is 28.2 Å². The van der Waals surface area contributed by atoms with E-state index in [0.717, 1.165) is 24.9 Å². The number of fused-ring (bicyclic) bond motifs is 4. The van der Waals surface area contributed by atoms with Crippen LogP contribution < -0.4 is 15.5 Å². The fraction of sp³-hybridized carbons (Fsp3) is 0.471. The van der Waals surface area contributed by atoms with Gasteiger partial charge in [0.15, 0.2) is 5.41 Å². The maximum absolute atomic E-state index is 12.8. The summed E-state index contributed by atoms with van der Waals surface area (Å²) in [5, 5.41) is 15.6. The van der Waals surface area contributed by atoms with Gasteiger partial charge in [0.1, 0.15) is 0 Å². The zero-order chi connectivity index (χ0) is 18.5. The van der Waals surface area contributed by atoms with Crippen LogP contribution in [-0.2, 0) is 16.0 Å². The number of hydrogen-bond donors (Lipinski definition) is 2. The number of nitro benzene ring substituents is 1. The quantitative estimate of drug-likeness (QED) is 0.443. The molecule has 2 N–H and O–H groups in total. The summed E-state index contributed by atoms with van der Waals surface area (Å²) in [4.78, 5) is 49.9. The summed E-state index contributed by atoms with van der Waals surface area (Å²) in [6.07, 6.45) is 3.44. The lowest BCUT2D eigenvalue weighted by molar-refractivity contribution is -0.384. The molecule has 9 heteroatoms. The van der Waals surface area contributed by atoms with Crippen molar-refractivity contribution in [3.63, 3.8) is 0 Å². The Bertz CT molecular complexity index is 816. The van der Waals surface area contributed by atoms with E-state index in [0.29, 0.717) is 18.5 Å². The van der Waals surface area contributed by atoms with E-state index in [1.807, 2.05) is 4.90 Å². The van der Waals surface area contributed by atoms with Crippen molar-refractivity contribution in [2.75, 3.05) is 11.4 Å². The van der Waals surface area contributed by atoms with Crippen molar-refractivity contribution in [3.8, 4) is 0 Å². The van der Waals surface area contributed by atoms with Crippen LogP contribution in [0.3, 0.4) is 0 Å². The molecule has 1 aromatic carbocycles. The summed E-state index contributed by atoms with van der Waals surface area (Å²) < 4.78 is 0. The molecule has 9 nitrogen and oxygen atoms in total. The van der Waals surface area contributed by atoms with Crippen molar-refractivity contribution in [1.82, 2.24) is 10.6 Å². The summed E-state index contributed by atoms with van der Waals surface area (Å²) in [6, 6.07) is 3.36. The molecule has 2 fully saturated rings. The van der Waals surface area contributed by atoms with Gasteiger partial charge < -0.3 is 4.90 Å². The van der Waals surface area contributed by atoms with Crippen molar-refractivity contribution in [2.24, 2.45) is 5.41 Å². The molecule has 3 aliphatic rings. The SMILES string of the molecule is O=C1NC(=O)C2(Cc3cc([N+](=O)[O-])ccc3N3CCCCC[C@@H]32)C(=O)N1. The van der Waals surface area contributed by atoms with Crippen LogP contribution >= 0.6 is 0 Å². The van der Waals surface area contributed by atoms with Crippen LogP contribution in [0.4, 0.5) is 16.2 Å². The van der Waals surface area contributed by atoms with Gasteiger partial charge in [-0.15, -0.1) is 0 Å². The number of rotatable bonds is 1. The van der Waals surface area contributed by atoms with Gasteiger partial charge in [-0.05, 0) is 24.5 Å². The van der Waals surface area contributed by atoms with Crippen LogP contribution in [0.2, 0.25) is 0 Å². The Morgan fingerprint density at radius 1 is 1.12 bits per heavy atom. The first-order valence-corrected chi connectivity index (χ1v) is 8.64. The molecular weight excluding hydrogens is 340 g/mol. The third-order valence-electron chi connectivity index (χ3n) is 5.64. The maximum atomic E-state index is 12.8. The highest BCUT2D eigenvalue weighted by Gasteiger charge is 2.59. The third kappa shape index (κ3) is 2.27. The average molecular weight is 358 g/mol. The van der Waals surface area contributed by atoms with Crippen LogP contribution in [0.1, 0.15) is 31.2 Å². The smallest absolute Gasteiger partial charge is 0.328 e. The molecule has 1 aromatic rings. The number of barbiturate groups is 1. The molecule has 0 saturated carbocycles.